The number of rotatable bonds is 10. The first-order valence-electron chi connectivity index (χ1n) is 9.72. The molecule has 0 aliphatic heterocycles. The van der Waals surface area contributed by atoms with E-state index >= 15 is 0 Å². The molecule has 0 saturated heterocycles. The van der Waals surface area contributed by atoms with Crippen molar-refractivity contribution in [1.29, 1.82) is 0 Å². The van der Waals surface area contributed by atoms with Gasteiger partial charge in [-0.25, -0.2) is 0 Å². The van der Waals surface area contributed by atoms with Gasteiger partial charge < -0.3 is 19.7 Å². The molecule has 6 nitrogen and oxygen atoms in total. The summed E-state index contributed by atoms with van der Waals surface area (Å²) in [7, 11) is 3.20. The number of benzene rings is 2. The van der Waals surface area contributed by atoms with Crippen molar-refractivity contribution in [3.05, 3.63) is 59.2 Å². The van der Waals surface area contributed by atoms with Gasteiger partial charge in [0.05, 0.1) is 14.2 Å². The number of nitrogens with zero attached hydrogens (tertiary/aromatic N) is 1. The van der Waals surface area contributed by atoms with Crippen molar-refractivity contribution in [1.82, 2.24) is 10.2 Å². The van der Waals surface area contributed by atoms with Crippen LogP contribution in [0.3, 0.4) is 0 Å². The fraction of sp³-hybridized carbons (Fsp3) is 0.391. The van der Waals surface area contributed by atoms with Gasteiger partial charge in [0.25, 0.3) is 0 Å². The van der Waals surface area contributed by atoms with E-state index in [2.05, 4.69) is 5.32 Å². The van der Waals surface area contributed by atoms with Crippen molar-refractivity contribution < 1.29 is 19.1 Å². The lowest BCUT2D eigenvalue weighted by molar-refractivity contribution is -0.130. The molecule has 156 valence electrons. The van der Waals surface area contributed by atoms with Crippen LogP contribution in [0.25, 0.3) is 0 Å². The van der Waals surface area contributed by atoms with Crippen LogP contribution in [0.5, 0.6) is 11.5 Å². The highest BCUT2D eigenvalue weighted by atomic mass is 16.5. The van der Waals surface area contributed by atoms with Crippen LogP contribution in [0.2, 0.25) is 0 Å². The zero-order chi connectivity index (χ0) is 21.2. The summed E-state index contributed by atoms with van der Waals surface area (Å²) in [5.74, 6) is 1.25. The second kappa shape index (κ2) is 11.1. The average Bonchev–Trinajstić information content (AvgIpc) is 2.72. The fourth-order valence-electron chi connectivity index (χ4n) is 3.05. The highest BCUT2D eigenvalue weighted by Crippen LogP contribution is 2.27. The Morgan fingerprint density at radius 2 is 1.76 bits per heavy atom. The van der Waals surface area contributed by atoms with Gasteiger partial charge >= 0.3 is 0 Å². The maximum Gasteiger partial charge on any atom is 0.221 e. The van der Waals surface area contributed by atoms with Crippen LogP contribution in [-0.2, 0) is 22.6 Å². The Balaban J connectivity index is 1.80. The molecule has 0 atom stereocenters. The molecular weight excluding hydrogens is 368 g/mol. The quantitative estimate of drug-likeness (QED) is 0.668. The van der Waals surface area contributed by atoms with Crippen molar-refractivity contribution in [2.75, 3.05) is 27.3 Å². The van der Waals surface area contributed by atoms with Gasteiger partial charge in [0.1, 0.15) is 0 Å². The van der Waals surface area contributed by atoms with Crippen LogP contribution in [0, 0.1) is 6.92 Å². The summed E-state index contributed by atoms with van der Waals surface area (Å²) in [4.78, 5) is 25.9. The maximum absolute atomic E-state index is 12.2. The zero-order valence-electron chi connectivity index (χ0n) is 17.7. The Hall–Kier alpha value is -3.02. The number of hydrogen-bond acceptors (Lipinski definition) is 4. The van der Waals surface area contributed by atoms with Crippen LogP contribution in [0.15, 0.2) is 42.5 Å². The lowest BCUT2D eigenvalue weighted by Crippen LogP contribution is -2.34. The van der Waals surface area contributed by atoms with Crippen LogP contribution >= 0.6 is 0 Å². The van der Waals surface area contributed by atoms with Gasteiger partial charge in [-0.15, -0.1) is 0 Å². The Labute approximate surface area is 172 Å². The van der Waals surface area contributed by atoms with Crippen LogP contribution in [0.4, 0.5) is 0 Å². The third-order valence-electron chi connectivity index (χ3n) is 4.86. The monoisotopic (exact) mass is 398 g/mol. The van der Waals surface area contributed by atoms with Gasteiger partial charge in [0, 0.05) is 33.0 Å². The number of nitrogens with one attached hydrogen (secondary N) is 1. The molecule has 2 amide bonds. The molecule has 0 heterocycles. The molecular formula is C23H30N2O4. The van der Waals surface area contributed by atoms with Crippen molar-refractivity contribution in [3.8, 4) is 11.5 Å². The van der Waals surface area contributed by atoms with Crippen molar-refractivity contribution in [2.24, 2.45) is 0 Å². The molecule has 0 radical (unpaired) electrons. The Bertz CT molecular complexity index is 835. The molecule has 29 heavy (non-hydrogen) atoms. The second-order valence-electron chi connectivity index (χ2n) is 6.91. The number of aryl methyl sites for hydroxylation is 1. The minimum atomic E-state index is -0.0680. The fourth-order valence-corrected chi connectivity index (χ4v) is 3.05. The van der Waals surface area contributed by atoms with E-state index in [0.29, 0.717) is 37.6 Å². The lowest BCUT2D eigenvalue weighted by Gasteiger charge is -2.22. The number of hydrogen-bond donors (Lipinski definition) is 1. The molecule has 0 saturated carbocycles. The van der Waals surface area contributed by atoms with Crippen molar-refractivity contribution >= 4 is 11.8 Å². The van der Waals surface area contributed by atoms with Crippen molar-refractivity contribution in [3.63, 3.8) is 0 Å². The maximum atomic E-state index is 12.2. The van der Waals surface area contributed by atoms with Crippen molar-refractivity contribution in [2.45, 2.75) is 33.2 Å². The summed E-state index contributed by atoms with van der Waals surface area (Å²) in [6.45, 7) is 4.99. The molecule has 2 aromatic rings. The van der Waals surface area contributed by atoms with E-state index in [1.54, 1.807) is 19.1 Å². The third kappa shape index (κ3) is 6.82. The smallest absolute Gasteiger partial charge is 0.221 e. The van der Waals surface area contributed by atoms with E-state index in [0.717, 1.165) is 16.7 Å². The summed E-state index contributed by atoms with van der Waals surface area (Å²) in [5.41, 5.74) is 3.28. The molecule has 6 heteroatoms. The molecule has 2 rings (SSSR count). The lowest BCUT2D eigenvalue weighted by atomic mass is 10.1. The first-order chi connectivity index (χ1) is 13.9. The Morgan fingerprint density at radius 3 is 2.41 bits per heavy atom. The van der Waals surface area contributed by atoms with E-state index in [1.807, 2.05) is 49.4 Å². The predicted molar refractivity (Wildman–Crippen MR) is 113 cm³/mol. The average molecular weight is 399 g/mol. The normalized spacial score (nSPS) is 10.3. The molecule has 0 aliphatic carbocycles. The first-order valence-corrected chi connectivity index (χ1v) is 9.72. The van der Waals surface area contributed by atoms with E-state index in [-0.39, 0.29) is 18.2 Å². The highest BCUT2D eigenvalue weighted by molar-refractivity contribution is 5.78. The van der Waals surface area contributed by atoms with Gasteiger partial charge in [-0.1, -0.05) is 30.3 Å². The number of carbonyl (C=O) groups is 2. The van der Waals surface area contributed by atoms with Gasteiger partial charge in [-0.3, -0.25) is 9.59 Å². The van der Waals surface area contributed by atoms with Crippen LogP contribution in [0.1, 0.15) is 30.0 Å². The van der Waals surface area contributed by atoms with E-state index < -0.39 is 0 Å². The summed E-state index contributed by atoms with van der Waals surface area (Å²) >= 11 is 0. The minimum absolute atomic E-state index is 0.0358. The molecule has 0 unspecified atom stereocenters. The largest absolute Gasteiger partial charge is 0.493 e. The zero-order valence-corrected chi connectivity index (χ0v) is 17.7. The number of carbonyl (C=O) groups excluding carboxylic acids is 2. The standard InChI is InChI=1S/C23H30N2O4/c1-17-7-5-6-8-20(17)16-25(18(2)26)14-12-23(27)24-13-11-19-9-10-21(28-3)22(15-19)29-4/h5-10,15H,11-14,16H2,1-4H3,(H,24,27). The van der Waals surface area contributed by atoms with E-state index in [4.69, 9.17) is 9.47 Å². The summed E-state index contributed by atoms with van der Waals surface area (Å²) in [6, 6.07) is 13.7. The number of methoxy groups -OCH3 is 2. The minimum Gasteiger partial charge on any atom is -0.493 e. The molecule has 1 N–H and O–H groups in total. The summed E-state index contributed by atoms with van der Waals surface area (Å²) < 4.78 is 10.5. The molecule has 0 spiro atoms. The Morgan fingerprint density at radius 1 is 1.03 bits per heavy atom. The summed E-state index contributed by atoms with van der Waals surface area (Å²) in [5, 5.41) is 2.92. The third-order valence-corrected chi connectivity index (χ3v) is 4.86. The van der Waals surface area contributed by atoms with Gasteiger partial charge in [0.15, 0.2) is 11.5 Å². The van der Waals surface area contributed by atoms with E-state index in [1.165, 1.54) is 6.92 Å². The molecule has 0 bridgehead atoms. The second-order valence-corrected chi connectivity index (χ2v) is 6.91. The topological polar surface area (TPSA) is 67.9 Å². The summed E-state index contributed by atoms with van der Waals surface area (Å²) in [6.07, 6.45) is 0.961. The Kier molecular flexibility index (Phi) is 8.52. The van der Waals surface area contributed by atoms with Crippen LogP contribution in [-0.4, -0.2) is 44.0 Å². The van der Waals surface area contributed by atoms with Gasteiger partial charge in [-0.05, 0) is 42.2 Å². The van der Waals surface area contributed by atoms with Crippen LogP contribution < -0.4 is 14.8 Å². The highest BCUT2D eigenvalue weighted by Gasteiger charge is 2.13. The molecule has 2 aromatic carbocycles. The first kappa shape index (κ1) is 22.3. The number of ether oxygens (including phenoxy) is 2. The van der Waals surface area contributed by atoms with Gasteiger partial charge in [0.2, 0.25) is 11.8 Å². The molecule has 0 aliphatic rings. The molecule has 0 fully saturated rings. The van der Waals surface area contributed by atoms with Gasteiger partial charge in [-0.2, -0.15) is 0 Å². The molecule has 0 aromatic heterocycles. The predicted octanol–water partition coefficient (Wildman–Crippen LogP) is 3.11. The van der Waals surface area contributed by atoms with E-state index in [9.17, 15) is 9.59 Å². The number of amides is 2. The SMILES string of the molecule is COc1ccc(CCNC(=O)CCN(Cc2ccccc2C)C(C)=O)cc1OC.